The molecule has 8 rings (SSSR count). The van der Waals surface area contributed by atoms with E-state index in [1.807, 2.05) is 12.4 Å². The third-order valence-corrected chi connectivity index (χ3v) is 13.2. The van der Waals surface area contributed by atoms with Gasteiger partial charge < -0.3 is 20.6 Å². The van der Waals surface area contributed by atoms with Crippen LogP contribution in [0.4, 0.5) is 15.8 Å². The zero-order chi connectivity index (χ0) is 39.3. The van der Waals surface area contributed by atoms with Crippen molar-refractivity contribution in [3.63, 3.8) is 0 Å². The SMILES string of the molecule is O=C1CCC(N2Cc3c(SCCCCCCCCNc4cccc(-c5ccc6c(c5)[C@H]5[C@H](CCN5Cc5ccncc5)[C@@H](CO)N6)c4)cc(F)cc3C2=O)C(=O)N1. The fourth-order valence-electron chi connectivity index (χ4n) is 9.12. The minimum atomic E-state index is -0.708. The Bertz CT molecular complexity index is 2100. The molecule has 0 bridgehead atoms. The summed E-state index contributed by atoms with van der Waals surface area (Å²) < 4.78 is 14.5. The van der Waals surface area contributed by atoms with Gasteiger partial charge >= 0.3 is 0 Å². The molecule has 0 spiro atoms. The molecule has 1 unspecified atom stereocenters. The number of nitrogens with zero attached hydrogens (tertiary/aromatic N) is 3. The van der Waals surface area contributed by atoms with Crippen LogP contribution in [0, 0.1) is 11.7 Å². The number of hydrogen-bond acceptors (Lipinski definition) is 9. The number of piperidine rings is 1. The highest BCUT2D eigenvalue weighted by molar-refractivity contribution is 7.99. The third-order valence-electron chi connectivity index (χ3n) is 12.0. The van der Waals surface area contributed by atoms with E-state index in [1.165, 1.54) is 39.3 Å². The second-order valence-corrected chi connectivity index (χ2v) is 16.9. The van der Waals surface area contributed by atoms with E-state index in [4.69, 9.17) is 0 Å². The van der Waals surface area contributed by atoms with E-state index in [9.17, 15) is 23.9 Å². The molecule has 298 valence electrons. The molecule has 1 aromatic heterocycles. The third kappa shape index (κ3) is 8.73. The maximum absolute atomic E-state index is 14.5. The monoisotopic (exact) mass is 790 g/mol. The molecule has 12 heteroatoms. The molecule has 4 N–H and O–H groups in total. The molecule has 3 amide bonds. The van der Waals surface area contributed by atoms with Gasteiger partial charge in [0.2, 0.25) is 11.8 Å². The summed E-state index contributed by atoms with van der Waals surface area (Å²) in [6.07, 6.45) is 11.8. The van der Waals surface area contributed by atoms with E-state index in [0.29, 0.717) is 11.5 Å². The minimum absolute atomic E-state index is 0.0484. The van der Waals surface area contributed by atoms with Gasteiger partial charge in [-0.3, -0.25) is 29.6 Å². The van der Waals surface area contributed by atoms with Crippen LogP contribution in [0.3, 0.4) is 0 Å². The summed E-state index contributed by atoms with van der Waals surface area (Å²) in [6.45, 7) is 3.15. The zero-order valence-electron chi connectivity index (χ0n) is 32.2. The van der Waals surface area contributed by atoms with Crippen LogP contribution in [0.2, 0.25) is 0 Å². The van der Waals surface area contributed by atoms with Crippen LogP contribution < -0.4 is 16.0 Å². The van der Waals surface area contributed by atoms with E-state index in [0.717, 1.165) is 92.2 Å². The topological polar surface area (TPSA) is 127 Å². The van der Waals surface area contributed by atoms with E-state index in [-0.39, 0.29) is 49.9 Å². The van der Waals surface area contributed by atoms with Crippen molar-refractivity contribution < 1.29 is 23.9 Å². The molecule has 2 fully saturated rings. The molecular formula is C45H51FN6O4S. The Hall–Kier alpha value is -4.78. The number of anilines is 2. The van der Waals surface area contributed by atoms with Crippen molar-refractivity contribution in [2.75, 3.05) is 36.1 Å². The number of unbranched alkanes of at least 4 members (excludes halogenated alkanes) is 5. The summed E-state index contributed by atoms with van der Waals surface area (Å²) in [7, 11) is 0. The number of carbonyl (C=O) groups excluding carboxylic acids is 3. The van der Waals surface area contributed by atoms with E-state index >= 15 is 0 Å². The minimum Gasteiger partial charge on any atom is -0.394 e. The quantitative estimate of drug-likeness (QED) is 0.0518. The highest BCUT2D eigenvalue weighted by Gasteiger charge is 2.44. The lowest BCUT2D eigenvalue weighted by atomic mass is 9.82. The first-order valence-corrected chi connectivity index (χ1v) is 21.4. The van der Waals surface area contributed by atoms with Gasteiger partial charge in [-0.2, -0.15) is 0 Å². The van der Waals surface area contributed by atoms with Gasteiger partial charge in [0.1, 0.15) is 11.9 Å². The summed E-state index contributed by atoms with van der Waals surface area (Å²) in [5.74, 6) is -0.405. The summed E-state index contributed by atoms with van der Waals surface area (Å²) in [5, 5.41) is 19.9. The standard InChI is InChI=1S/C45H51FN6O4S/c46-32-24-35-37(27-52(45(35)56)40-12-13-42(54)50-44(40)55)41(25-32)57-21-6-4-2-1-3-5-17-48-33-9-7-8-30(22-33)31-10-11-38-36(23-31)43-34(39(28-53)49-38)16-20-51(43)26-29-14-18-47-19-15-29/h7-11,14-15,18-19,22-25,34,39-40,43,48-49,53H,1-6,12-13,16-17,20-21,26-28H2,(H,50,54,55)/t34-,39-,40?,43-/m1/s1. The molecule has 4 aromatic rings. The number of thioether (sulfide) groups is 1. The first-order valence-electron chi connectivity index (χ1n) is 20.4. The van der Waals surface area contributed by atoms with Crippen molar-refractivity contribution in [2.45, 2.75) is 93.9 Å². The normalized spacial score (nSPS) is 21.5. The van der Waals surface area contributed by atoms with Crippen LogP contribution in [-0.4, -0.2) is 75.1 Å². The molecule has 0 radical (unpaired) electrons. The van der Waals surface area contributed by atoms with Crippen molar-refractivity contribution in [3.8, 4) is 11.1 Å². The first kappa shape index (κ1) is 39.1. The van der Waals surface area contributed by atoms with Gasteiger partial charge in [-0.15, -0.1) is 11.8 Å². The number of aliphatic hydroxyl groups excluding tert-OH is 1. The molecule has 5 heterocycles. The molecule has 10 nitrogen and oxygen atoms in total. The maximum Gasteiger partial charge on any atom is 0.255 e. The Kier molecular flexibility index (Phi) is 12.2. The molecule has 0 aliphatic carbocycles. The van der Waals surface area contributed by atoms with Crippen molar-refractivity contribution in [1.82, 2.24) is 20.1 Å². The zero-order valence-corrected chi connectivity index (χ0v) is 33.0. The van der Waals surface area contributed by atoms with Crippen LogP contribution in [-0.2, 0) is 22.7 Å². The second-order valence-electron chi connectivity index (χ2n) is 15.8. The largest absolute Gasteiger partial charge is 0.394 e. The number of nitrogens with one attached hydrogen (secondary N) is 3. The van der Waals surface area contributed by atoms with Crippen molar-refractivity contribution in [1.29, 1.82) is 0 Å². The van der Waals surface area contributed by atoms with Crippen molar-refractivity contribution in [3.05, 3.63) is 107 Å². The first-order chi connectivity index (χ1) is 27.9. The van der Waals surface area contributed by atoms with Gasteiger partial charge in [0.25, 0.3) is 5.91 Å². The average Bonchev–Trinajstić information content (AvgIpc) is 3.79. The lowest BCUT2D eigenvalue weighted by molar-refractivity contribution is -0.136. The number of hydrogen-bond donors (Lipinski definition) is 4. The fourth-order valence-corrected chi connectivity index (χ4v) is 10.2. The van der Waals surface area contributed by atoms with Gasteiger partial charge in [0.05, 0.1) is 12.6 Å². The molecule has 4 atom stereocenters. The Labute approximate surface area is 338 Å². The number of rotatable bonds is 16. The van der Waals surface area contributed by atoms with Crippen LogP contribution in [0.25, 0.3) is 11.1 Å². The number of fused-ring (bicyclic) bond motifs is 4. The number of likely N-dealkylation sites (tertiary alicyclic amines) is 1. The van der Waals surface area contributed by atoms with Gasteiger partial charge in [0, 0.05) is 72.2 Å². The smallest absolute Gasteiger partial charge is 0.255 e. The molecular weight excluding hydrogens is 740 g/mol. The predicted octanol–water partition coefficient (Wildman–Crippen LogP) is 7.54. The van der Waals surface area contributed by atoms with Gasteiger partial charge in [-0.05, 0) is 114 Å². The highest BCUT2D eigenvalue weighted by Crippen LogP contribution is 2.48. The van der Waals surface area contributed by atoms with Gasteiger partial charge in [0.15, 0.2) is 0 Å². The number of halogens is 1. The lowest BCUT2D eigenvalue weighted by Crippen LogP contribution is -2.52. The number of imide groups is 1. The molecule has 4 aliphatic rings. The number of pyridine rings is 1. The number of aliphatic hydroxyl groups is 1. The van der Waals surface area contributed by atoms with Gasteiger partial charge in [-0.1, -0.05) is 43.9 Å². The highest BCUT2D eigenvalue weighted by atomic mass is 32.2. The Morgan fingerprint density at radius 1 is 0.912 bits per heavy atom. The summed E-state index contributed by atoms with van der Waals surface area (Å²) in [5.41, 5.74) is 8.26. The summed E-state index contributed by atoms with van der Waals surface area (Å²) in [6, 6.07) is 21.9. The molecule has 57 heavy (non-hydrogen) atoms. The molecule has 3 aromatic carbocycles. The van der Waals surface area contributed by atoms with Crippen molar-refractivity contribution >= 4 is 40.9 Å². The fraction of sp³-hybridized carbons (Fsp3) is 0.422. The van der Waals surface area contributed by atoms with Crippen molar-refractivity contribution in [2.24, 2.45) is 5.92 Å². The number of amides is 3. The maximum atomic E-state index is 14.5. The van der Waals surface area contributed by atoms with Crippen LogP contribution >= 0.6 is 11.8 Å². The van der Waals surface area contributed by atoms with E-state index in [1.54, 1.807) is 11.8 Å². The Balaban J connectivity index is 0.779. The number of carbonyl (C=O) groups is 3. The lowest BCUT2D eigenvalue weighted by Gasteiger charge is -2.39. The summed E-state index contributed by atoms with van der Waals surface area (Å²) in [4.78, 5) is 46.1. The predicted molar refractivity (Wildman–Crippen MR) is 221 cm³/mol. The van der Waals surface area contributed by atoms with E-state index < -0.39 is 17.8 Å². The van der Waals surface area contributed by atoms with Crippen LogP contribution in [0.1, 0.15) is 90.9 Å². The second kappa shape index (κ2) is 17.8. The van der Waals surface area contributed by atoms with E-state index in [2.05, 4.69) is 80.4 Å². The molecule has 2 saturated heterocycles. The number of aromatic nitrogens is 1. The number of benzene rings is 3. The summed E-state index contributed by atoms with van der Waals surface area (Å²) >= 11 is 1.57. The van der Waals surface area contributed by atoms with Gasteiger partial charge in [-0.25, -0.2) is 4.39 Å². The Morgan fingerprint density at radius 2 is 1.72 bits per heavy atom. The molecule has 4 aliphatic heterocycles. The van der Waals surface area contributed by atoms with Crippen LogP contribution in [0.5, 0.6) is 0 Å². The molecule has 0 saturated carbocycles. The van der Waals surface area contributed by atoms with Crippen LogP contribution in [0.15, 0.2) is 84.0 Å². The Morgan fingerprint density at radius 3 is 2.54 bits per heavy atom. The average molecular weight is 791 g/mol.